The number of rotatable bonds is 7. The van der Waals surface area contributed by atoms with Crippen molar-refractivity contribution in [2.75, 3.05) is 30.6 Å². The minimum atomic E-state index is -3.71. The summed E-state index contributed by atoms with van der Waals surface area (Å²) in [5.74, 6) is 0.0109. The Morgan fingerprint density at radius 2 is 1.80 bits per heavy atom. The van der Waals surface area contributed by atoms with Gasteiger partial charge in [0.1, 0.15) is 11.5 Å². The van der Waals surface area contributed by atoms with Crippen LogP contribution in [0.5, 0.6) is 11.5 Å². The first-order valence-electron chi connectivity index (χ1n) is 9.09. The van der Waals surface area contributed by atoms with Gasteiger partial charge in [0.25, 0.3) is 0 Å². The second kappa shape index (κ2) is 8.97. The van der Waals surface area contributed by atoms with Gasteiger partial charge in [0.2, 0.25) is 11.8 Å². The first-order valence-corrected chi connectivity index (χ1v) is 11.6. The van der Waals surface area contributed by atoms with Crippen LogP contribution in [-0.2, 0) is 19.4 Å². The van der Waals surface area contributed by atoms with E-state index in [4.69, 9.17) is 9.47 Å². The normalized spacial score (nSPS) is 15.7. The van der Waals surface area contributed by atoms with E-state index in [0.29, 0.717) is 22.9 Å². The molecule has 2 amide bonds. The van der Waals surface area contributed by atoms with Crippen molar-refractivity contribution in [1.82, 2.24) is 0 Å². The maximum absolute atomic E-state index is 12.7. The molecule has 1 heterocycles. The van der Waals surface area contributed by atoms with Gasteiger partial charge in [0, 0.05) is 35.2 Å². The van der Waals surface area contributed by atoms with Crippen LogP contribution in [0.2, 0.25) is 0 Å². The quantitative estimate of drug-likeness (QED) is 0.667. The molecule has 10 heteroatoms. The summed E-state index contributed by atoms with van der Waals surface area (Å²) in [6, 6.07) is 9.49. The third-order valence-corrected chi connectivity index (χ3v) is 7.37. The standard InChI is InChI=1S/C20H22N2O6S2/c1-12-20(24)22-17-11-16(4-5-18(17)29-12)30(25,26)7-6-19(23)21-13-8-14(27-2)10-15(9-13)28-3/h4-5,8-12H,6-7H2,1-3H3,(H,21,23)(H,22,24)/t12-/m1/s1. The number of carbonyl (C=O) groups is 2. The van der Waals surface area contributed by atoms with Crippen molar-refractivity contribution in [2.24, 2.45) is 0 Å². The lowest BCUT2D eigenvalue weighted by Crippen LogP contribution is -2.26. The second-order valence-electron chi connectivity index (χ2n) is 6.63. The van der Waals surface area contributed by atoms with Gasteiger partial charge in [-0.1, -0.05) is 0 Å². The van der Waals surface area contributed by atoms with E-state index in [9.17, 15) is 18.0 Å². The van der Waals surface area contributed by atoms with Crippen LogP contribution in [0.4, 0.5) is 11.4 Å². The van der Waals surface area contributed by atoms with Gasteiger partial charge in [-0.25, -0.2) is 8.42 Å². The molecular formula is C20H22N2O6S2. The van der Waals surface area contributed by atoms with Gasteiger partial charge in [-0.3, -0.25) is 9.59 Å². The van der Waals surface area contributed by atoms with Gasteiger partial charge in [0.05, 0.1) is 35.8 Å². The molecular weight excluding hydrogens is 428 g/mol. The number of hydrogen-bond acceptors (Lipinski definition) is 7. The first-order chi connectivity index (χ1) is 14.2. The van der Waals surface area contributed by atoms with Crippen LogP contribution in [0.15, 0.2) is 46.2 Å². The zero-order valence-electron chi connectivity index (χ0n) is 16.7. The number of sulfone groups is 1. The molecule has 0 saturated carbocycles. The van der Waals surface area contributed by atoms with E-state index in [1.54, 1.807) is 31.2 Å². The van der Waals surface area contributed by atoms with Gasteiger partial charge in [-0.2, -0.15) is 0 Å². The molecule has 1 aliphatic rings. The summed E-state index contributed by atoms with van der Waals surface area (Å²) >= 11 is 1.37. The predicted molar refractivity (Wildman–Crippen MR) is 115 cm³/mol. The van der Waals surface area contributed by atoms with E-state index in [2.05, 4.69) is 10.6 Å². The number of hydrogen-bond donors (Lipinski definition) is 2. The Bertz CT molecular complexity index is 1060. The van der Waals surface area contributed by atoms with Crippen LogP contribution < -0.4 is 20.1 Å². The number of methoxy groups -OCH3 is 2. The highest BCUT2D eigenvalue weighted by molar-refractivity contribution is 8.01. The third kappa shape index (κ3) is 5.06. The molecule has 30 heavy (non-hydrogen) atoms. The Labute approximate surface area is 179 Å². The average Bonchev–Trinajstić information content (AvgIpc) is 2.72. The molecule has 2 aromatic carbocycles. The molecule has 0 saturated heterocycles. The molecule has 0 unspecified atom stereocenters. The van der Waals surface area contributed by atoms with Gasteiger partial charge >= 0.3 is 0 Å². The van der Waals surface area contributed by atoms with Gasteiger partial charge in [-0.05, 0) is 25.1 Å². The lowest BCUT2D eigenvalue weighted by molar-refractivity contribution is -0.116. The lowest BCUT2D eigenvalue weighted by atomic mass is 10.2. The second-order valence-corrected chi connectivity index (χ2v) is 10.1. The molecule has 0 aromatic heterocycles. The predicted octanol–water partition coefficient (Wildman–Crippen LogP) is 2.94. The lowest BCUT2D eigenvalue weighted by Gasteiger charge is -2.21. The minimum Gasteiger partial charge on any atom is -0.497 e. The number of anilines is 2. The summed E-state index contributed by atoms with van der Waals surface area (Å²) < 4.78 is 35.7. The monoisotopic (exact) mass is 450 g/mol. The summed E-state index contributed by atoms with van der Waals surface area (Å²) in [6.07, 6.45) is -0.225. The Balaban J connectivity index is 1.67. The molecule has 2 N–H and O–H groups in total. The summed E-state index contributed by atoms with van der Waals surface area (Å²) in [4.78, 5) is 25.0. The molecule has 1 aliphatic heterocycles. The summed E-state index contributed by atoms with van der Waals surface area (Å²) in [5.41, 5.74) is 0.910. The summed E-state index contributed by atoms with van der Waals surface area (Å²) in [5, 5.41) is 5.13. The maximum atomic E-state index is 12.7. The summed E-state index contributed by atoms with van der Waals surface area (Å²) in [6.45, 7) is 1.78. The Kier molecular flexibility index (Phi) is 6.57. The number of benzene rings is 2. The molecule has 0 bridgehead atoms. The van der Waals surface area contributed by atoms with Crippen LogP contribution in [0.25, 0.3) is 0 Å². The zero-order chi connectivity index (χ0) is 21.9. The number of carbonyl (C=O) groups excluding carboxylic acids is 2. The van der Waals surface area contributed by atoms with E-state index in [1.165, 1.54) is 38.1 Å². The van der Waals surface area contributed by atoms with Crippen molar-refractivity contribution in [3.05, 3.63) is 36.4 Å². The van der Waals surface area contributed by atoms with Crippen molar-refractivity contribution in [3.8, 4) is 11.5 Å². The Morgan fingerprint density at radius 1 is 1.13 bits per heavy atom. The Morgan fingerprint density at radius 3 is 2.43 bits per heavy atom. The van der Waals surface area contributed by atoms with E-state index in [1.807, 2.05) is 0 Å². The topological polar surface area (TPSA) is 111 Å². The van der Waals surface area contributed by atoms with Gasteiger partial charge < -0.3 is 20.1 Å². The molecule has 0 aliphatic carbocycles. The molecule has 2 aromatic rings. The van der Waals surface area contributed by atoms with Gasteiger partial charge in [0.15, 0.2) is 9.84 Å². The van der Waals surface area contributed by atoms with Crippen molar-refractivity contribution in [2.45, 2.75) is 28.4 Å². The molecule has 1 atom stereocenters. The fourth-order valence-electron chi connectivity index (χ4n) is 2.83. The Hall–Kier alpha value is -2.72. The SMILES string of the molecule is COc1cc(NC(=O)CCS(=O)(=O)c2ccc3c(c2)NC(=O)[C@@H](C)S3)cc(OC)c1. The van der Waals surface area contributed by atoms with E-state index >= 15 is 0 Å². The van der Waals surface area contributed by atoms with E-state index in [-0.39, 0.29) is 28.2 Å². The zero-order valence-corrected chi connectivity index (χ0v) is 18.4. The van der Waals surface area contributed by atoms with Crippen LogP contribution in [0.3, 0.4) is 0 Å². The molecule has 0 radical (unpaired) electrons. The molecule has 160 valence electrons. The molecule has 8 nitrogen and oxygen atoms in total. The van der Waals surface area contributed by atoms with Crippen LogP contribution in [-0.4, -0.2) is 45.5 Å². The highest BCUT2D eigenvalue weighted by atomic mass is 32.2. The van der Waals surface area contributed by atoms with Crippen LogP contribution in [0.1, 0.15) is 13.3 Å². The molecule has 0 fully saturated rings. The average molecular weight is 451 g/mol. The molecule has 0 spiro atoms. The van der Waals surface area contributed by atoms with Crippen LogP contribution in [0, 0.1) is 0 Å². The van der Waals surface area contributed by atoms with Crippen LogP contribution >= 0.6 is 11.8 Å². The summed E-state index contributed by atoms with van der Waals surface area (Å²) in [7, 11) is -0.722. The largest absolute Gasteiger partial charge is 0.497 e. The van der Waals surface area contributed by atoms with Crippen molar-refractivity contribution in [3.63, 3.8) is 0 Å². The van der Waals surface area contributed by atoms with Crippen molar-refractivity contribution < 1.29 is 27.5 Å². The van der Waals surface area contributed by atoms with Gasteiger partial charge in [-0.15, -0.1) is 11.8 Å². The number of fused-ring (bicyclic) bond motifs is 1. The molecule has 3 rings (SSSR count). The smallest absolute Gasteiger partial charge is 0.237 e. The third-order valence-electron chi connectivity index (χ3n) is 4.47. The van der Waals surface area contributed by atoms with E-state index in [0.717, 1.165) is 4.90 Å². The highest BCUT2D eigenvalue weighted by Gasteiger charge is 2.25. The number of thioether (sulfide) groups is 1. The number of ether oxygens (including phenoxy) is 2. The van der Waals surface area contributed by atoms with Crippen molar-refractivity contribution >= 4 is 44.8 Å². The fraction of sp³-hybridized carbons (Fsp3) is 0.300. The highest BCUT2D eigenvalue weighted by Crippen LogP contribution is 2.37. The first kappa shape index (κ1) is 22.0. The number of nitrogens with one attached hydrogen (secondary N) is 2. The van der Waals surface area contributed by atoms with E-state index < -0.39 is 15.7 Å². The minimum absolute atomic E-state index is 0.0625. The fourth-order valence-corrected chi connectivity index (χ4v) is 5.02. The number of amides is 2. The maximum Gasteiger partial charge on any atom is 0.237 e. The van der Waals surface area contributed by atoms with Crippen molar-refractivity contribution in [1.29, 1.82) is 0 Å².